The molecule has 198 valence electrons. The maximum atomic E-state index is 15.4. The highest BCUT2D eigenvalue weighted by molar-refractivity contribution is 5.94. The molecule has 1 N–H and O–H groups in total. The molecule has 3 heterocycles. The van der Waals surface area contributed by atoms with Crippen molar-refractivity contribution in [1.29, 1.82) is 5.26 Å². The third-order valence-electron chi connectivity index (χ3n) is 7.12. The Bertz CT molecular complexity index is 1420. The normalized spacial score (nSPS) is 19.0. The van der Waals surface area contributed by atoms with Crippen LogP contribution >= 0.6 is 0 Å². The fourth-order valence-electron chi connectivity index (χ4n) is 5.02. The van der Waals surface area contributed by atoms with Crippen molar-refractivity contribution in [2.45, 2.75) is 31.2 Å². The molecule has 2 aliphatic rings. The summed E-state index contributed by atoms with van der Waals surface area (Å²) < 4.78 is 58.5. The smallest absolute Gasteiger partial charge is 0.274 e. The Labute approximate surface area is 217 Å². The number of nitriles is 1. The largest absolute Gasteiger partial charge is 0.365 e. The van der Waals surface area contributed by atoms with Crippen LogP contribution in [0.2, 0.25) is 0 Å². The summed E-state index contributed by atoms with van der Waals surface area (Å²) in [5, 5.41) is 16.7. The van der Waals surface area contributed by atoms with Gasteiger partial charge in [-0.1, -0.05) is 6.07 Å². The number of halogens is 4. The van der Waals surface area contributed by atoms with Crippen molar-refractivity contribution in [2.75, 3.05) is 38.1 Å². The minimum Gasteiger partial charge on any atom is -0.365 e. The third kappa shape index (κ3) is 4.96. The standard InChI is InChI=1S/C27H26F4N6O/c1-33-19-3-2-9-35(15-19)26(38)23-13-25(17-4-5-18(14-32)21(28)11-17)37(34-23)24-7-6-20(12-22(24)29)36-10-8-27(30,31)16-36/h4-7,11-13,19,33H,2-3,8-10,15-16H2,1H3/t19-/m1/s1. The van der Waals surface area contributed by atoms with Crippen molar-refractivity contribution in [3.05, 3.63) is 65.4 Å². The van der Waals surface area contributed by atoms with Crippen molar-refractivity contribution in [3.63, 3.8) is 0 Å². The predicted octanol–water partition coefficient (Wildman–Crippen LogP) is 4.36. The summed E-state index contributed by atoms with van der Waals surface area (Å²) in [6.07, 6.45) is 1.45. The molecule has 0 aliphatic carbocycles. The molecule has 0 saturated carbocycles. The Morgan fingerprint density at radius 1 is 1.13 bits per heavy atom. The zero-order valence-electron chi connectivity index (χ0n) is 20.7. The molecule has 1 atom stereocenters. The molecule has 1 amide bonds. The van der Waals surface area contributed by atoms with Gasteiger partial charge in [-0.15, -0.1) is 0 Å². The van der Waals surface area contributed by atoms with E-state index in [-0.39, 0.29) is 47.6 Å². The van der Waals surface area contributed by atoms with Gasteiger partial charge in [-0.05, 0) is 56.3 Å². The number of hydrogen-bond acceptors (Lipinski definition) is 5. The van der Waals surface area contributed by atoms with Crippen LogP contribution in [0.1, 0.15) is 35.3 Å². The number of anilines is 1. The van der Waals surface area contributed by atoms with Crippen molar-refractivity contribution in [3.8, 4) is 23.0 Å². The van der Waals surface area contributed by atoms with E-state index in [1.807, 2.05) is 7.05 Å². The third-order valence-corrected chi connectivity index (χ3v) is 7.12. The minimum atomic E-state index is -2.83. The van der Waals surface area contributed by atoms with Crippen LogP contribution in [0.5, 0.6) is 0 Å². The van der Waals surface area contributed by atoms with Crippen LogP contribution in [-0.2, 0) is 0 Å². The number of rotatable bonds is 5. The highest BCUT2D eigenvalue weighted by atomic mass is 19.3. The van der Waals surface area contributed by atoms with Gasteiger partial charge in [0.2, 0.25) is 0 Å². The lowest BCUT2D eigenvalue weighted by molar-refractivity contribution is 0.0257. The number of benzene rings is 2. The number of likely N-dealkylation sites (tertiary alicyclic amines) is 1. The molecular formula is C27H26F4N6O. The van der Waals surface area contributed by atoms with E-state index in [1.54, 1.807) is 11.0 Å². The number of aromatic nitrogens is 2. The van der Waals surface area contributed by atoms with E-state index in [0.29, 0.717) is 24.3 Å². The lowest BCUT2D eigenvalue weighted by atomic mass is 10.1. The molecule has 2 fully saturated rings. The van der Waals surface area contributed by atoms with E-state index in [4.69, 9.17) is 5.26 Å². The number of carbonyl (C=O) groups is 1. The molecular weight excluding hydrogens is 500 g/mol. The summed E-state index contributed by atoms with van der Waals surface area (Å²) in [5.74, 6) is -4.66. The van der Waals surface area contributed by atoms with Crippen molar-refractivity contribution >= 4 is 11.6 Å². The summed E-state index contributed by atoms with van der Waals surface area (Å²) in [6, 6.07) is 11.4. The van der Waals surface area contributed by atoms with Crippen molar-refractivity contribution < 1.29 is 22.4 Å². The Morgan fingerprint density at radius 3 is 2.61 bits per heavy atom. The fraction of sp³-hybridized carbons (Fsp3) is 0.370. The van der Waals surface area contributed by atoms with Gasteiger partial charge < -0.3 is 15.1 Å². The van der Waals surface area contributed by atoms with Gasteiger partial charge in [0.1, 0.15) is 17.6 Å². The summed E-state index contributed by atoms with van der Waals surface area (Å²) in [6.45, 7) is 0.650. The van der Waals surface area contributed by atoms with E-state index in [9.17, 15) is 18.0 Å². The van der Waals surface area contributed by atoms with Crippen molar-refractivity contribution in [1.82, 2.24) is 20.0 Å². The Morgan fingerprint density at radius 2 is 1.95 bits per heavy atom. The van der Waals surface area contributed by atoms with E-state index in [2.05, 4.69) is 10.4 Å². The maximum absolute atomic E-state index is 15.4. The van der Waals surface area contributed by atoms with Crippen LogP contribution in [0.4, 0.5) is 23.2 Å². The first-order valence-corrected chi connectivity index (χ1v) is 12.4. The number of hydrogen-bond donors (Lipinski definition) is 1. The predicted molar refractivity (Wildman–Crippen MR) is 133 cm³/mol. The van der Waals surface area contributed by atoms with Gasteiger partial charge in [0.25, 0.3) is 11.8 Å². The van der Waals surface area contributed by atoms with E-state index >= 15 is 4.39 Å². The van der Waals surface area contributed by atoms with Gasteiger partial charge in [-0.2, -0.15) is 10.4 Å². The van der Waals surface area contributed by atoms with Crippen LogP contribution in [0, 0.1) is 23.0 Å². The quantitative estimate of drug-likeness (QED) is 0.500. The number of nitrogens with zero attached hydrogens (tertiary/aromatic N) is 5. The first-order chi connectivity index (χ1) is 18.2. The zero-order valence-corrected chi connectivity index (χ0v) is 20.7. The van der Waals surface area contributed by atoms with E-state index in [1.165, 1.54) is 39.9 Å². The van der Waals surface area contributed by atoms with Gasteiger partial charge in [-0.25, -0.2) is 22.2 Å². The molecule has 3 aromatic rings. The van der Waals surface area contributed by atoms with Gasteiger partial charge in [0, 0.05) is 43.3 Å². The summed E-state index contributed by atoms with van der Waals surface area (Å²) in [4.78, 5) is 16.5. The summed E-state index contributed by atoms with van der Waals surface area (Å²) in [5.41, 5.74) is 0.736. The molecule has 2 aromatic carbocycles. The number of likely N-dealkylation sites (N-methyl/N-ethyl adjacent to an activating group) is 1. The molecule has 1 aromatic heterocycles. The second-order valence-electron chi connectivity index (χ2n) is 9.68. The molecule has 0 spiro atoms. The SMILES string of the molecule is CN[C@@H]1CCCN(C(=O)c2cc(-c3ccc(C#N)c(F)c3)n(-c3ccc(N4CCC(F)(F)C4)cc3F)n2)C1. The Hall–Kier alpha value is -3.91. The monoisotopic (exact) mass is 526 g/mol. The van der Waals surface area contributed by atoms with Gasteiger partial charge in [-0.3, -0.25) is 4.79 Å². The molecule has 11 heteroatoms. The molecule has 2 saturated heterocycles. The molecule has 7 nitrogen and oxygen atoms in total. The minimum absolute atomic E-state index is 0.0229. The first-order valence-electron chi connectivity index (χ1n) is 12.4. The molecule has 5 rings (SSSR count). The molecule has 2 aliphatic heterocycles. The van der Waals surface area contributed by atoms with Gasteiger partial charge in [0.15, 0.2) is 11.5 Å². The highest BCUT2D eigenvalue weighted by Gasteiger charge is 2.38. The van der Waals surface area contributed by atoms with E-state index in [0.717, 1.165) is 25.0 Å². The van der Waals surface area contributed by atoms with Gasteiger partial charge >= 0.3 is 0 Å². The van der Waals surface area contributed by atoms with E-state index < -0.39 is 24.1 Å². The van der Waals surface area contributed by atoms with Crippen LogP contribution in [-0.4, -0.2) is 65.8 Å². The van der Waals surface area contributed by atoms with Crippen LogP contribution in [0.3, 0.4) is 0 Å². The number of amides is 1. The average molecular weight is 527 g/mol. The topological polar surface area (TPSA) is 77.2 Å². The average Bonchev–Trinajstić information content (AvgIpc) is 3.51. The lowest BCUT2D eigenvalue weighted by Gasteiger charge is -2.32. The second kappa shape index (κ2) is 10.1. The number of nitrogens with one attached hydrogen (secondary N) is 1. The molecule has 0 radical (unpaired) electrons. The van der Waals surface area contributed by atoms with Crippen LogP contribution in [0.15, 0.2) is 42.5 Å². The van der Waals surface area contributed by atoms with Crippen molar-refractivity contribution in [2.24, 2.45) is 0 Å². The second-order valence-corrected chi connectivity index (χ2v) is 9.68. The number of piperidine rings is 1. The molecule has 38 heavy (non-hydrogen) atoms. The van der Waals surface area contributed by atoms with Crippen LogP contribution < -0.4 is 10.2 Å². The summed E-state index contributed by atoms with van der Waals surface area (Å²) >= 11 is 0. The highest BCUT2D eigenvalue weighted by Crippen LogP contribution is 2.33. The molecule has 0 bridgehead atoms. The number of carbonyl (C=O) groups excluding carboxylic acids is 1. The fourth-order valence-corrected chi connectivity index (χ4v) is 5.02. The van der Waals surface area contributed by atoms with Gasteiger partial charge in [0.05, 0.1) is 17.8 Å². The maximum Gasteiger partial charge on any atom is 0.274 e. The summed E-state index contributed by atoms with van der Waals surface area (Å²) in [7, 11) is 1.83. The molecule has 0 unspecified atom stereocenters. The van der Waals surface area contributed by atoms with Crippen LogP contribution in [0.25, 0.3) is 16.9 Å². The zero-order chi connectivity index (χ0) is 27.0. The first kappa shape index (κ1) is 25.7. The Balaban J connectivity index is 1.55. The Kier molecular flexibility index (Phi) is 6.84. The number of alkyl halides is 2. The lowest BCUT2D eigenvalue weighted by Crippen LogP contribution is -2.47.